The first-order valence-electron chi connectivity index (χ1n) is 8.54. The van der Waals surface area contributed by atoms with Gasteiger partial charge in [0.2, 0.25) is 6.61 Å². The van der Waals surface area contributed by atoms with Crippen LogP contribution in [0, 0.1) is 0 Å². The Morgan fingerprint density at radius 3 is 2.79 bits per heavy atom. The zero-order valence-corrected chi connectivity index (χ0v) is 16.8. The van der Waals surface area contributed by atoms with Gasteiger partial charge in [-0.05, 0) is 36.8 Å². The van der Waals surface area contributed by atoms with Crippen LogP contribution in [-0.2, 0) is 9.53 Å². The summed E-state index contributed by atoms with van der Waals surface area (Å²) in [6.45, 7) is 1.41. The zero-order valence-electron chi connectivity index (χ0n) is 15.3. The van der Waals surface area contributed by atoms with Gasteiger partial charge < -0.3 is 9.57 Å². The summed E-state index contributed by atoms with van der Waals surface area (Å²) >= 11 is 11.9. The average Bonchev–Trinajstić information content (AvgIpc) is 2.70. The first kappa shape index (κ1) is 20.6. The predicted molar refractivity (Wildman–Crippen MR) is 112 cm³/mol. The minimum absolute atomic E-state index is 0.00527. The van der Waals surface area contributed by atoms with Crippen molar-refractivity contribution in [1.29, 1.82) is 0 Å². The third-order valence-electron chi connectivity index (χ3n) is 3.68. The SMILES string of the molecule is CCOC(=O)COn1c(NN=Cc2ccc(Cl)c(Cl)c2)nc2ccccc2c1=O. The van der Waals surface area contributed by atoms with Gasteiger partial charge in [0.15, 0.2) is 0 Å². The first-order valence-corrected chi connectivity index (χ1v) is 9.30. The summed E-state index contributed by atoms with van der Waals surface area (Å²) in [5, 5.41) is 5.20. The Hall–Kier alpha value is -3.10. The first-order chi connectivity index (χ1) is 14.0. The lowest BCUT2D eigenvalue weighted by Crippen LogP contribution is -2.33. The molecule has 0 bridgehead atoms. The summed E-state index contributed by atoms with van der Waals surface area (Å²) in [6.07, 6.45) is 1.47. The van der Waals surface area contributed by atoms with Gasteiger partial charge >= 0.3 is 5.97 Å². The van der Waals surface area contributed by atoms with Crippen molar-refractivity contribution >= 4 is 52.2 Å². The zero-order chi connectivity index (χ0) is 20.8. The van der Waals surface area contributed by atoms with Crippen molar-refractivity contribution in [3.05, 3.63) is 68.4 Å². The van der Waals surface area contributed by atoms with Crippen LogP contribution >= 0.6 is 23.2 Å². The number of esters is 1. The van der Waals surface area contributed by atoms with Gasteiger partial charge in [-0.1, -0.05) is 41.4 Å². The molecule has 3 aromatic rings. The van der Waals surface area contributed by atoms with Crippen molar-refractivity contribution < 1.29 is 14.4 Å². The molecule has 1 aromatic heterocycles. The van der Waals surface area contributed by atoms with Gasteiger partial charge in [0.25, 0.3) is 11.5 Å². The van der Waals surface area contributed by atoms with Crippen molar-refractivity contribution in [3.8, 4) is 0 Å². The number of benzene rings is 2. The third kappa shape index (κ3) is 5.04. The van der Waals surface area contributed by atoms with Crippen LogP contribution in [-0.4, -0.2) is 35.1 Å². The van der Waals surface area contributed by atoms with Gasteiger partial charge in [-0.15, -0.1) is 4.73 Å². The summed E-state index contributed by atoms with van der Waals surface area (Å²) in [6, 6.07) is 11.7. The van der Waals surface area contributed by atoms with Crippen LogP contribution < -0.4 is 15.8 Å². The Labute approximate surface area is 175 Å². The second-order valence-electron chi connectivity index (χ2n) is 5.67. The molecular weight excluding hydrogens is 419 g/mol. The molecular formula is C19H16Cl2N4O4. The normalized spacial score (nSPS) is 11.0. The summed E-state index contributed by atoms with van der Waals surface area (Å²) in [7, 11) is 0. The Kier molecular flexibility index (Phi) is 6.69. The van der Waals surface area contributed by atoms with E-state index in [1.54, 1.807) is 49.4 Å². The highest BCUT2D eigenvalue weighted by molar-refractivity contribution is 6.42. The molecule has 0 saturated carbocycles. The molecule has 0 atom stereocenters. The van der Waals surface area contributed by atoms with Gasteiger partial charge in [0.05, 0.1) is 33.8 Å². The average molecular weight is 435 g/mol. The fourth-order valence-electron chi connectivity index (χ4n) is 2.38. The molecule has 0 saturated heterocycles. The lowest BCUT2D eigenvalue weighted by atomic mass is 10.2. The fourth-order valence-corrected chi connectivity index (χ4v) is 2.69. The molecule has 0 aliphatic heterocycles. The number of hydrogen-bond donors (Lipinski definition) is 1. The number of rotatable bonds is 7. The van der Waals surface area contributed by atoms with Crippen molar-refractivity contribution in [2.24, 2.45) is 5.10 Å². The Bertz CT molecular complexity index is 1130. The number of para-hydroxylation sites is 1. The van der Waals surface area contributed by atoms with Crippen molar-refractivity contribution in [2.75, 3.05) is 18.6 Å². The molecule has 0 aliphatic carbocycles. The molecule has 1 N–H and O–H groups in total. The number of carbonyl (C=O) groups excluding carboxylic acids is 1. The molecule has 10 heteroatoms. The van der Waals surface area contributed by atoms with E-state index in [-0.39, 0.29) is 12.6 Å². The molecule has 0 unspecified atom stereocenters. The Balaban J connectivity index is 1.90. The van der Waals surface area contributed by atoms with Gasteiger partial charge in [0.1, 0.15) is 0 Å². The van der Waals surface area contributed by atoms with E-state index in [9.17, 15) is 9.59 Å². The predicted octanol–water partition coefficient (Wildman–Crippen LogP) is 3.14. The number of hydrazone groups is 1. The molecule has 8 nitrogen and oxygen atoms in total. The molecule has 2 aromatic carbocycles. The number of nitrogens with zero attached hydrogens (tertiary/aromatic N) is 3. The monoisotopic (exact) mass is 434 g/mol. The van der Waals surface area contributed by atoms with Crippen LogP contribution in [0.3, 0.4) is 0 Å². The topological polar surface area (TPSA) is 94.8 Å². The van der Waals surface area contributed by atoms with Crippen LogP contribution in [0.5, 0.6) is 0 Å². The number of aromatic nitrogens is 2. The van der Waals surface area contributed by atoms with E-state index in [2.05, 4.69) is 15.5 Å². The van der Waals surface area contributed by atoms with Crippen LogP contribution in [0.2, 0.25) is 10.0 Å². The van der Waals surface area contributed by atoms with E-state index >= 15 is 0 Å². The number of ether oxygens (including phenoxy) is 1. The second kappa shape index (κ2) is 9.40. The van der Waals surface area contributed by atoms with Gasteiger partial charge in [-0.3, -0.25) is 4.79 Å². The summed E-state index contributed by atoms with van der Waals surface area (Å²) in [4.78, 5) is 34.0. The van der Waals surface area contributed by atoms with Crippen LogP contribution in [0.4, 0.5) is 5.95 Å². The van der Waals surface area contributed by atoms with E-state index in [4.69, 9.17) is 32.8 Å². The van der Waals surface area contributed by atoms with Crippen molar-refractivity contribution in [3.63, 3.8) is 0 Å². The number of hydrogen-bond acceptors (Lipinski definition) is 7. The second-order valence-corrected chi connectivity index (χ2v) is 6.49. The molecule has 0 radical (unpaired) electrons. The molecule has 1 heterocycles. The Morgan fingerprint density at radius 2 is 2.03 bits per heavy atom. The standard InChI is InChI=1S/C19H16Cl2N4O4/c1-2-28-17(26)11-29-25-18(27)13-5-3-4-6-16(13)23-19(25)24-22-10-12-7-8-14(20)15(21)9-12/h3-10H,2,11H2,1H3,(H,23,24). The smallest absolute Gasteiger partial charge is 0.346 e. The van der Waals surface area contributed by atoms with E-state index in [1.807, 2.05) is 0 Å². The van der Waals surface area contributed by atoms with Crippen LogP contribution in [0.25, 0.3) is 10.9 Å². The Morgan fingerprint density at radius 1 is 1.24 bits per heavy atom. The summed E-state index contributed by atoms with van der Waals surface area (Å²) < 4.78 is 5.68. The minimum Gasteiger partial charge on any atom is -0.463 e. The molecule has 0 fully saturated rings. The van der Waals surface area contributed by atoms with E-state index in [1.165, 1.54) is 6.21 Å². The van der Waals surface area contributed by atoms with Gasteiger partial charge in [0, 0.05) is 0 Å². The van der Waals surface area contributed by atoms with Crippen molar-refractivity contribution in [2.45, 2.75) is 6.92 Å². The maximum atomic E-state index is 12.8. The number of anilines is 1. The molecule has 29 heavy (non-hydrogen) atoms. The van der Waals surface area contributed by atoms with Crippen molar-refractivity contribution in [1.82, 2.24) is 9.71 Å². The van der Waals surface area contributed by atoms with Crippen LogP contribution in [0.15, 0.2) is 52.4 Å². The number of fused-ring (bicyclic) bond motifs is 1. The van der Waals surface area contributed by atoms with E-state index in [0.717, 1.165) is 4.73 Å². The lowest BCUT2D eigenvalue weighted by Gasteiger charge is -2.12. The molecule has 0 spiro atoms. The van der Waals surface area contributed by atoms with Crippen LogP contribution in [0.1, 0.15) is 12.5 Å². The summed E-state index contributed by atoms with van der Waals surface area (Å²) in [5.41, 5.74) is 3.28. The number of halogens is 2. The number of carbonyl (C=O) groups is 1. The highest BCUT2D eigenvalue weighted by Gasteiger charge is 2.13. The fraction of sp³-hybridized carbons (Fsp3) is 0.158. The highest BCUT2D eigenvalue weighted by atomic mass is 35.5. The molecule has 3 rings (SSSR count). The van der Waals surface area contributed by atoms with E-state index in [0.29, 0.717) is 26.5 Å². The largest absolute Gasteiger partial charge is 0.463 e. The third-order valence-corrected chi connectivity index (χ3v) is 4.42. The maximum Gasteiger partial charge on any atom is 0.346 e. The minimum atomic E-state index is -0.613. The molecule has 150 valence electrons. The van der Waals surface area contributed by atoms with Gasteiger partial charge in [-0.2, -0.15) is 5.10 Å². The highest BCUT2D eigenvalue weighted by Crippen LogP contribution is 2.21. The molecule has 0 aliphatic rings. The van der Waals surface area contributed by atoms with E-state index < -0.39 is 18.1 Å². The quantitative estimate of drug-likeness (QED) is 0.348. The number of nitrogens with one attached hydrogen (secondary N) is 1. The molecule has 0 amide bonds. The lowest BCUT2D eigenvalue weighted by molar-refractivity contribution is -0.148. The van der Waals surface area contributed by atoms with Gasteiger partial charge in [-0.25, -0.2) is 15.2 Å². The summed E-state index contributed by atoms with van der Waals surface area (Å²) in [5.74, 6) is -0.618. The maximum absolute atomic E-state index is 12.8.